The number of carboxylic acid groups (broad SMARTS) is 2. The van der Waals surface area contributed by atoms with Crippen LogP contribution in [0.3, 0.4) is 0 Å². The van der Waals surface area contributed by atoms with Gasteiger partial charge in [-0.05, 0) is 0 Å². The van der Waals surface area contributed by atoms with Gasteiger partial charge in [-0.15, -0.1) is 0 Å². The first-order chi connectivity index (χ1) is 3.13. The van der Waals surface area contributed by atoms with Crippen LogP contribution in [0.5, 0.6) is 0 Å². The molecular formula is C3H3LiO4. The average molecular weight is 110 g/mol. The smallest absolute Gasteiger partial charge is 0.550 e. The van der Waals surface area contributed by atoms with Gasteiger partial charge >= 0.3 is 20.3 Å². The molecule has 0 atom stereocenters. The summed E-state index contributed by atoms with van der Waals surface area (Å²) < 4.78 is 0. The van der Waals surface area contributed by atoms with Gasteiger partial charge in [0.15, 0.2) is 0 Å². The Balaban J connectivity index is -0.000000180. The molecule has 0 heterocycles. The third kappa shape index (κ3) is 9.11. The summed E-state index contributed by atoms with van der Waals surface area (Å²) in [4.78, 5) is 18.6. The van der Waals surface area contributed by atoms with Crippen molar-refractivity contribution in [2.75, 3.05) is 0 Å². The molecule has 0 aromatic carbocycles. The van der Waals surface area contributed by atoms with Gasteiger partial charge in [-0.25, -0.2) is 0 Å². The standard InChI is InChI=1S/C3H4O4.Li/c4-2(5)1-3(6)7;/h1H2,(H,4,5)(H,6,7);/q;+1/p-1. The molecule has 0 unspecified atom stereocenters. The number of aliphatic carboxylic acids is 2. The van der Waals surface area contributed by atoms with E-state index < -0.39 is 18.4 Å². The molecule has 4 nitrogen and oxygen atoms in total. The number of carboxylic acids is 2. The Hall–Kier alpha value is -0.463. The van der Waals surface area contributed by atoms with Crippen LogP contribution in [-0.4, -0.2) is 11.9 Å². The van der Waals surface area contributed by atoms with Gasteiger partial charge in [0.1, 0.15) is 0 Å². The second-order valence-corrected chi connectivity index (χ2v) is 0.921. The summed E-state index contributed by atoms with van der Waals surface area (Å²) in [7, 11) is 0. The summed E-state index contributed by atoms with van der Waals surface area (Å²) in [6, 6.07) is 0. The van der Waals surface area contributed by atoms with Crippen LogP contribution in [0, 0.1) is 0 Å². The maximum Gasteiger partial charge on any atom is 1.00 e. The van der Waals surface area contributed by atoms with Crippen LogP contribution in [0.15, 0.2) is 0 Å². The fraction of sp³-hybridized carbons (Fsp3) is 0.333. The van der Waals surface area contributed by atoms with Crippen molar-refractivity contribution in [1.82, 2.24) is 0 Å². The van der Waals surface area contributed by atoms with Gasteiger partial charge in [0.25, 0.3) is 0 Å². The van der Waals surface area contributed by atoms with E-state index in [1.54, 1.807) is 0 Å². The largest absolute Gasteiger partial charge is 1.00 e. The first kappa shape index (κ1) is 10.5. The third-order valence-electron chi connectivity index (χ3n) is 0.289. The van der Waals surface area contributed by atoms with E-state index in [-0.39, 0.29) is 20.3 Å². The number of carbonyl (C=O) groups is 2. The van der Waals surface area contributed by atoms with Crippen molar-refractivity contribution in [3.05, 3.63) is 0 Å². The van der Waals surface area contributed by atoms with Crippen LogP contribution in [0.25, 0.3) is 0 Å². The van der Waals surface area contributed by atoms with E-state index in [2.05, 4.69) is 0 Å². The molecule has 0 aliphatic rings. The predicted molar refractivity (Wildman–Crippen MR) is 15.7 cm³/mol. The van der Waals surface area contributed by atoms with E-state index in [0.717, 1.165) is 0 Å². The van der Waals surface area contributed by atoms with Crippen molar-refractivity contribution in [2.45, 2.75) is 6.42 Å². The summed E-state index contributed by atoms with van der Waals surface area (Å²) in [5.74, 6) is -3.25. The molecule has 0 aromatic heterocycles. The molecule has 0 aliphatic heterocycles. The fourth-order valence-corrected chi connectivity index (χ4v) is 0.118. The van der Waals surface area contributed by atoms with Gasteiger partial charge in [-0.3, -0.25) is 0 Å². The zero-order valence-corrected chi connectivity index (χ0v) is 4.34. The molecule has 0 N–H and O–H groups in total. The minimum absolute atomic E-state index is 0. The normalized spacial score (nSPS) is 7.00. The fourth-order valence-electron chi connectivity index (χ4n) is 0.118. The van der Waals surface area contributed by atoms with Crippen LogP contribution in [0.1, 0.15) is 7.85 Å². The van der Waals surface area contributed by atoms with Crippen molar-refractivity contribution in [3.63, 3.8) is 0 Å². The van der Waals surface area contributed by atoms with E-state index in [4.69, 9.17) is 0 Å². The van der Waals surface area contributed by atoms with E-state index in [0.29, 0.717) is 0 Å². The van der Waals surface area contributed by atoms with Crippen molar-refractivity contribution < 1.29 is 40.1 Å². The van der Waals surface area contributed by atoms with Crippen LogP contribution in [0.4, 0.5) is 0 Å². The SMILES string of the molecule is O=C([O-])CC(=O)[O-].[H+].[Li+]. The molecule has 8 heavy (non-hydrogen) atoms. The Morgan fingerprint density at radius 2 is 1.50 bits per heavy atom. The van der Waals surface area contributed by atoms with Crippen LogP contribution in [0.2, 0.25) is 0 Å². The molecule has 0 spiro atoms. The average Bonchev–Trinajstić information content (AvgIpc) is 1.27. The number of rotatable bonds is 2. The van der Waals surface area contributed by atoms with Crippen molar-refractivity contribution in [3.8, 4) is 0 Å². The molecule has 0 radical (unpaired) electrons. The summed E-state index contributed by atoms with van der Waals surface area (Å²) in [6.07, 6.45) is -1.03. The zero-order chi connectivity index (χ0) is 5.86. The molecule has 0 fully saturated rings. The topological polar surface area (TPSA) is 80.3 Å². The summed E-state index contributed by atoms with van der Waals surface area (Å²) in [5.41, 5.74) is 0. The van der Waals surface area contributed by atoms with Gasteiger partial charge in [0.2, 0.25) is 0 Å². The molecule has 40 valence electrons. The second-order valence-electron chi connectivity index (χ2n) is 0.921. The number of carbonyl (C=O) groups excluding carboxylic acids is 2. The van der Waals surface area contributed by atoms with Gasteiger partial charge in [0, 0.05) is 18.4 Å². The molecule has 0 saturated carbocycles. The molecule has 0 rings (SSSR count). The van der Waals surface area contributed by atoms with Gasteiger partial charge in [-0.1, -0.05) is 0 Å². The number of hydrogen-bond donors (Lipinski definition) is 0. The van der Waals surface area contributed by atoms with Gasteiger partial charge in [-0.2, -0.15) is 0 Å². The molecule has 0 aliphatic carbocycles. The second kappa shape index (κ2) is 4.69. The van der Waals surface area contributed by atoms with Gasteiger partial charge < -0.3 is 19.8 Å². The van der Waals surface area contributed by atoms with Crippen molar-refractivity contribution in [2.24, 2.45) is 0 Å². The Labute approximate surface area is 59.2 Å². The first-order valence-electron chi connectivity index (χ1n) is 1.52. The summed E-state index contributed by atoms with van der Waals surface area (Å²) in [6.45, 7) is 0. The number of hydrogen-bond acceptors (Lipinski definition) is 4. The molecule has 0 bridgehead atoms. The van der Waals surface area contributed by atoms with Crippen LogP contribution < -0.4 is 29.1 Å². The maximum atomic E-state index is 9.28. The van der Waals surface area contributed by atoms with Crippen LogP contribution >= 0.6 is 0 Å². The molecule has 0 aromatic rings. The van der Waals surface area contributed by atoms with Gasteiger partial charge in [0.05, 0.1) is 0 Å². The molecular weight excluding hydrogens is 107 g/mol. The summed E-state index contributed by atoms with van der Waals surface area (Å²) in [5, 5.41) is 18.6. The predicted octanol–water partition coefficient (Wildman–Crippen LogP) is -6.01. The molecule has 0 saturated heterocycles. The Kier molecular flexibility index (Phi) is 6.16. The minimum atomic E-state index is -1.63. The monoisotopic (exact) mass is 110 g/mol. The van der Waals surface area contributed by atoms with E-state index in [1.165, 1.54) is 0 Å². The minimum Gasteiger partial charge on any atom is -0.550 e. The Morgan fingerprint density at radius 3 is 1.50 bits per heavy atom. The Bertz CT molecular complexity index is 92.0. The first-order valence-corrected chi connectivity index (χ1v) is 1.52. The van der Waals surface area contributed by atoms with Crippen LogP contribution in [-0.2, 0) is 9.59 Å². The van der Waals surface area contributed by atoms with E-state index in [1.807, 2.05) is 0 Å². The van der Waals surface area contributed by atoms with E-state index in [9.17, 15) is 19.8 Å². The maximum absolute atomic E-state index is 9.28. The Morgan fingerprint density at radius 1 is 1.25 bits per heavy atom. The molecule has 0 amide bonds. The zero-order valence-electron chi connectivity index (χ0n) is 5.34. The quantitative estimate of drug-likeness (QED) is 0.262. The molecule has 5 heteroatoms. The third-order valence-corrected chi connectivity index (χ3v) is 0.289. The van der Waals surface area contributed by atoms with E-state index >= 15 is 0 Å². The summed E-state index contributed by atoms with van der Waals surface area (Å²) >= 11 is 0. The van der Waals surface area contributed by atoms with Crippen molar-refractivity contribution >= 4 is 11.9 Å². The van der Waals surface area contributed by atoms with Crippen molar-refractivity contribution in [1.29, 1.82) is 0 Å².